The van der Waals surface area contributed by atoms with Gasteiger partial charge >= 0.3 is 0 Å². The highest BCUT2D eigenvalue weighted by Crippen LogP contribution is 2.33. The normalized spacial score (nSPS) is 22.6. The molecule has 0 spiro atoms. The molecule has 4 rings (SSSR count). The van der Waals surface area contributed by atoms with E-state index in [0.717, 1.165) is 35.3 Å². The van der Waals surface area contributed by atoms with Gasteiger partial charge in [-0.3, -0.25) is 10.3 Å². The molecule has 2 aliphatic rings. The number of hydrogen-bond acceptors (Lipinski definition) is 4. The van der Waals surface area contributed by atoms with Crippen LogP contribution in [-0.2, 0) is 6.54 Å². The Kier molecular flexibility index (Phi) is 1.87. The van der Waals surface area contributed by atoms with Crippen molar-refractivity contribution in [1.82, 2.24) is 15.3 Å². The molecular weight excluding hydrogens is 228 g/mol. The first kappa shape index (κ1) is 10.1. The molecule has 5 heteroatoms. The average molecular weight is 242 g/mol. The Morgan fingerprint density at radius 2 is 2.28 bits per heavy atom. The maximum atomic E-state index is 10.1. The maximum absolute atomic E-state index is 10.1. The number of likely N-dealkylation sites (N-methyl/N-ethyl adjacent to an activating group) is 1. The van der Waals surface area contributed by atoms with Crippen LogP contribution in [0.4, 0.5) is 0 Å². The summed E-state index contributed by atoms with van der Waals surface area (Å²) in [5, 5.41) is 15.6. The van der Waals surface area contributed by atoms with Crippen molar-refractivity contribution in [1.29, 1.82) is 0 Å². The monoisotopic (exact) mass is 242 g/mol. The lowest BCUT2D eigenvalue weighted by Crippen LogP contribution is -2.32. The smallest absolute Gasteiger partial charge is 0.166 e. The van der Waals surface area contributed by atoms with Crippen LogP contribution in [0, 0.1) is 0 Å². The fraction of sp³-hybridized carbons (Fsp3) is 0.308. The Morgan fingerprint density at radius 1 is 1.39 bits per heavy atom. The van der Waals surface area contributed by atoms with Gasteiger partial charge in [0.05, 0.1) is 5.71 Å². The summed E-state index contributed by atoms with van der Waals surface area (Å²) in [7, 11) is 2.07. The first-order valence-electron chi connectivity index (χ1n) is 6.06. The standard InChI is InChI=1S/C13H14N4O/c1-17-5-9-12-10(6-17)15-16-13(18)7-3-2-4-8(14-9)11(7)12/h2-4,13-14,16,18H,5-6H2,1H3. The van der Waals surface area contributed by atoms with E-state index >= 15 is 0 Å². The highest BCUT2D eigenvalue weighted by molar-refractivity contribution is 6.14. The quantitative estimate of drug-likeness (QED) is 0.643. The van der Waals surface area contributed by atoms with E-state index in [1.807, 2.05) is 18.2 Å². The summed E-state index contributed by atoms with van der Waals surface area (Å²) in [6, 6.07) is 5.96. The average Bonchev–Trinajstić information content (AvgIpc) is 2.65. The molecule has 92 valence electrons. The minimum Gasteiger partial charge on any atom is -0.368 e. The number of hydrogen-bond donors (Lipinski definition) is 3. The van der Waals surface area contributed by atoms with Gasteiger partial charge in [-0.1, -0.05) is 12.1 Å². The van der Waals surface area contributed by atoms with Gasteiger partial charge in [0.2, 0.25) is 0 Å². The lowest BCUT2D eigenvalue weighted by Gasteiger charge is -2.23. The number of H-pyrrole nitrogens is 1. The lowest BCUT2D eigenvalue weighted by atomic mass is 9.98. The highest BCUT2D eigenvalue weighted by atomic mass is 16.3. The molecule has 1 unspecified atom stereocenters. The third kappa shape index (κ3) is 1.20. The van der Waals surface area contributed by atoms with Gasteiger partial charge in [-0.25, -0.2) is 0 Å². The zero-order valence-electron chi connectivity index (χ0n) is 10.1. The minimum absolute atomic E-state index is 0.739. The van der Waals surface area contributed by atoms with Crippen LogP contribution in [0.15, 0.2) is 23.3 Å². The molecule has 2 aliphatic heterocycles. The molecule has 0 radical (unpaired) electrons. The van der Waals surface area contributed by atoms with Crippen LogP contribution in [0.1, 0.15) is 23.0 Å². The van der Waals surface area contributed by atoms with Crippen molar-refractivity contribution in [3.63, 3.8) is 0 Å². The van der Waals surface area contributed by atoms with E-state index in [2.05, 4.69) is 27.5 Å². The van der Waals surface area contributed by atoms with Gasteiger partial charge in [0.25, 0.3) is 0 Å². The first-order valence-corrected chi connectivity index (χ1v) is 6.06. The van der Waals surface area contributed by atoms with Gasteiger partial charge in [-0.05, 0) is 13.1 Å². The molecule has 0 fully saturated rings. The van der Waals surface area contributed by atoms with E-state index in [-0.39, 0.29) is 0 Å². The summed E-state index contributed by atoms with van der Waals surface area (Å²) >= 11 is 0. The zero-order valence-corrected chi connectivity index (χ0v) is 10.1. The van der Waals surface area contributed by atoms with E-state index in [9.17, 15) is 5.11 Å². The second kappa shape index (κ2) is 3.34. The topological polar surface area (TPSA) is 63.6 Å². The van der Waals surface area contributed by atoms with Crippen LogP contribution >= 0.6 is 0 Å². The van der Waals surface area contributed by atoms with Crippen molar-refractivity contribution in [2.75, 3.05) is 13.6 Å². The fourth-order valence-electron chi connectivity index (χ4n) is 2.95. The molecule has 0 bridgehead atoms. The molecule has 18 heavy (non-hydrogen) atoms. The van der Waals surface area contributed by atoms with Crippen LogP contribution in [0.2, 0.25) is 0 Å². The second-order valence-corrected chi connectivity index (χ2v) is 5.01. The van der Waals surface area contributed by atoms with Crippen LogP contribution in [-0.4, -0.2) is 34.3 Å². The summed E-state index contributed by atoms with van der Waals surface area (Å²) < 4.78 is 0. The van der Waals surface area contributed by atoms with Crippen molar-refractivity contribution in [2.24, 2.45) is 5.10 Å². The molecule has 0 aliphatic carbocycles. The fourth-order valence-corrected chi connectivity index (χ4v) is 2.95. The number of hydrazone groups is 1. The number of aliphatic hydroxyl groups excluding tert-OH is 1. The molecule has 3 heterocycles. The number of nitrogens with one attached hydrogen (secondary N) is 2. The van der Waals surface area contributed by atoms with E-state index in [0.29, 0.717) is 0 Å². The van der Waals surface area contributed by atoms with Crippen molar-refractivity contribution < 1.29 is 5.11 Å². The summed E-state index contributed by atoms with van der Waals surface area (Å²) in [5.74, 6) is 0. The maximum Gasteiger partial charge on any atom is 0.166 e. The number of aliphatic hydroxyl groups is 1. The summed E-state index contributed by atoms with van der Waals surface area (Å²) in [5.41, 5.74) is 8.14. The molecule has 2 aromatic rings. The Labute approximate surface area is 104 Å². The molecule has 0 saturated carbocycles. The van der Waals surface area contributed by atoms with Gasteiger partial charge in [-0.2, -0.15) is 5.10 Å². The number of nitrogens with zero attached hydrogens (tertiary/aromatic N) is 2. The minimum atomic E-state index is -0.739. The summed E-state index contributed by atoms with van der Waals surface area (Å²) in [4.78, 5) is 5.65. The lowest BCUT2D eigenvalue weighted by molar-refractivity contribution is 0.143. The third-order valence-electron chi connectivity index (χ3n) is 3.69. The molecular formula is C13H14N4O. The highest BCUT2D eigenvalue weighted by Gasteiger charge is 2.28. The van der Waals surface area contributed by atoms with E-state index in [1.165, 1.54) is 11.3 Å². The number of aromatic nitrogens is 1. The second-order valence-electron chi connectivity index (χ2n) is 5.01. The predicted octanol–water partition coefficient (Wildman–Crippen LogP) is 0.911. The van der Waals surface area contributed by atoms with E-state index in [4.69, 9.17) is 0 Å². The van der Waals surface area contributed by atoms with Crippen LogP contribution in [0.5, 0.6) is 0 Å². The molecule has 1 aromatic carbocycles. The molecule has 5 nitrogen and oxygen atoms in total. The van der Waals surface area contributed by atoms with Gasteiger partial charge in [-0.15, -0.1) is 0 Å². The number of aromatic amines is 1. The Morgan fingerprint density at radius 3 is 3.17 bits per heavy atom. The summed E-state index contributed by atoms with van der Waals surface area (Å²) in [6.45, 7) is 1.69. The largest absolute Gasteiger partial charge is 0.368 e. The van der Waals surface area contributed by atoms with Crippen molar-refractivity contribution in [3.8, 4) is 0 Å². The number of benzene rings is 1. The Bertz CT molecular complexity index is 673. The van der Waals surface area contributed by atoms with E-state index < -0.39 is 6.23 Å². The molecule has 3 N–H and O–H groups in total. The predicted molar refractivity (Wildman–Crippen MR) is 69.3 cm³/mol. The van der Waals surface area contributed by atoms with Crippen molar-refractivity contribution in [2.45, 2.75) is 12.8 Å². The number of rotatable bonds is 0. The van der Waals surface area contributed by atoms with Crippen LogP contribution in [0.25, 0.3) is 10.9 Å². The van der Waals surface area contributed by atoms with Crippen LogP contribution < -0.4 is 5.43 Å². The molecule has 0 amide bonds. The summed E-state index contributed by atoms with van der Waals surface area (Å²) in [6.07, 6.45) is -0.739. The molecule has 1 atom stereocenters. The Hall–Kier alpha value is -1.85. The SMILES string of the molecule is CN1CC2=NNC(O)c3cccc4[nH]c(c2c34)C1. The Balaban J connectivity index is 2.14. The van der Waals surface area contributed by atoms with Gasteiger partial charge in [0, 0.05) is 40.8 Å². The molecule has 1 aromatic heterocycles. The van der Waals surface area contributed by atoms with Gasteiger partial charge in [0.1, 0.15) is 0 Å². The molecule has 0 saturated heterocycles. The van der Waals surface area contributed by atoms with Crippen molar-refractivity contribution in [3.05, 3.63) is 35.0 Å². The first-order chi connectivity index (χ1) is 8.74. The van der Waals surface area contributed by atoms with Crippen molar-refractivity contribution >= 4 is 16.6 Å². The zero-order chi connectivity index (χ0) is 12.3. The van der Waals surface area contributed by atoms with Gasteiger partial charge in [0.15, 0.2) is 6.23 Å². The van der Waals surface area contributed by atoms with Gasteiger partial charge < -0.3 is 10.1 Å². The third-order valence-corrected chi connectivity index (χ3v) is 3.69. The van der Waals surface area contributed by atoms with Crippen LogP contribution in [0.3, 0.4) is 0 Å². The van der Waals surface area contributed by atoms with E-state index in [1.54, 1.807) is 0 Å².